The normalized spacial score (nSPS) is 10.7. The van der Waals surface area contributed by atoms with Crippen molar-refractivity contribution in [2.75, 3.05) is 0 Å². The SMILES string of the molecule is Fc1ccc(-c2cnc(CBr)c(-c3ccc(F)cc3)c2)cc1. The van der Waals surface area contributed by atoms with Gasteiger partial charge >= 0.3 is 0 Å². The first-order chi connectivity index (χ1) is 10.7. The fourth-order valence-corrected chi connectivity index (χ4v) is 2.73. The van der Waals surface area contributed by atoms with Crippen LogP contribution in [0.15, 0.2) is 60.8 Å². The van der Waals surface area contributed by atoms with Gasteiger partial charge in [0, 0.05) is 22.7 Å². The summed E-state index contributed by atoms with van der Waals surface area (Å²) in [7, 11) is 0. The lowest BCUT2D eigenvalue weighted by molar-refractivity contribution is 0.627. The molecule has 110 valence electrons. The van der Waals surface area contributed by atoms with Gasteiger partial charge in [0.25, 0.3) is 0 Å². The van der Waals surface area contributed by atoms with E-state index in [0.29, 0.717) is 5.33 Å². The maximum absolute atomic E-state index is 13.1. The van der Waals surface area contributed by atoms with Crippen LogP contribution in [0.5, 0.6) is 0 Å². The van der Waals surface area contributed by atoms with E-state index in [2.05, 4.69) is 20.9 Å². The second kappa shape index (κ2) is 6.36. The van der Waals surface area contributed by atoms with Crippen LogP contribution in [0.4, 0.5) is 8.78 Å². The summed E-state index contributed by atoms with van der Waals surface area (Å²) in [5.74, 6) is -0.542. The van der Waals surface area contributed by atoms with Crippen LogP contribution in [0.3, 0.4) is 0 Å². The lowest BCUT2D eigenvalue weighted by atomic mass is 9.99. The van der Waals surface area contributed by atoms with Crippen molar-refractivity contribution in [1.82, 2.24) is 4.98 Å². The molecule has 22 heavy (non-hydrogen) atoms. The maximum atomic E-state index is 13.1. The molecule has 1 nitrogen and oxygen atoms in total. The Kier molecular flexibility index (Phi) is 4.29. The third kappa shape index (κ3) is 3.07. The van der Waals surface area contributed by atoms with Crippen molar-refractivity contribution in [2.24, 2.45) is 0 Å². The molecule has 3 aromatic rings. The van der Waals surface area contributed by atoms with Gasteiger partial charge in [0.15, 0.2) is 0 Å². The smallest absolute Gasteiger partial charge is 0.123 e. The number of alkyl halides is 1. The Morgan fingerprint density at radius 3 is 1.86 bits per heavy atom. The minimum Gasteiger partial charge on any atom is -0.259 e. The number of aromatic nitrogens is 1. The molecule has 4 heteroatoms. The van der Waals surface area contributed by atoms with Crippen LogP contribution >= 0.6 is 15.9 Å². The quantitative estimate of drug-likeness (QED) is 0.555. The zero-order valence-electron chi connectivity index (χ0n) is 11.6. The van der Waals surface area contributed by atoms with E-state index in [1.54, 1.807) is 30.5 Å². The minimum atomic E-state index is -0.271. The van der Waals surface area contributed by atoms with Gasteiger partial charge in [-0.05, 0) is 41.5 Å². The van der Waals surface area contributed by atoms with Crippen LogP contribution in [0.1, 0.15) is 5.69 Å². The Bertz CT molecular complexity index is 783. The first-order valence-corrected chi connectivity index (χ1v) is 7.86. The second-order valence-corrected chi connectivity index (χ2v) is 5.43. The first-order valence-electron chi connectivity index (χ1n) is 6.74. The van der Waals surface area contributed by atoms with Crippen molar-refractivity contribution in [3.05, 3.63) is 78.1 Å². The Morgan fingerprint density at radius 1 is 0.773 bits per heavy atom. The number of hydrogen-bond donors (Lipinski definition) is 0. The summed E-state index contributed by atoms with van der Waals surface area (Å²) in [6.45, 7) is 0. The summed E-state index contributed by atoms with van der Waals surface area (Å²) in [6.07, 6.45) is 1.76. The second-order valence-electron chi connectivity index (χ2n) is 4.87. The lowest BCUT2D eigenvalue weighted by Gasteiger charge is -2.10. The number of nitrogens with zero attached hydrogens (tertiary/aromatic N) is 1. The summed E-state index contributed by atoms with van der Waals surface area (Å²) in [5, 5.41) is 0.601. The van der Waals surface area contributed by atoms with Crippen LogP contribution < -0.4 is 0 Å². The average molecular weight is 360 g/mol. The van der Waals surface area contributed by atoms with Crippen molar-refractivity contribution >= 4 is 15.9 Å². The summed E-state index contributed by atoms with van der Waals surface area (Å²) >= 11 is 3.42. The molecule has 0 radical (unpaired) electrons. The molecule has 1 aromatic heterocycles. The van der Waals surface area contributed by atoms with Crippen molar-refractivity contribution < 1.29 is 8.78 Å². The van der Waals surface area contributed by atoms with Crippen LogP contribution in [-0.4, -0.2) is 4.98 Å². The van der Waals surface area contributed by atoms with Gasteiger partial charge in [-0.15, -0.1) is 0 Å². The fraction of sp³-hybridized carbons (Fsp3) is 0.0556. The molecule has 0 fully saturated rings. The third-order valence-electron chi connectivity index (χ3n) is 3.43. The van der Waals surface area contributed by atoms with E-state index >= 15 is 0 Å². The van der Waals surface area contributed by atoms with Crippen LogP contribution in [-0.2, 0) is 5.33 Å². The van der Waals surface area contributed by atoms with Crippen LogP contribution in [0.25, 0.3) is 22.3 Å². The van der Waals surface area contributed by atoms with Gasteiger partial charge in [-0.2, -0.15) is 0 Å². The van der Waals surface area contributed by atoms with E-state index in [1.165, 1.54) is 24.3 Å². The molecule has 0 saturated carbocycles. The van der Waals surface area contributed by atoms with Gasteiger partial charge in [0.05, 0.1) is 5.69 Å². The first kappa shape index (κ1) is 14.9. The fourth-order valence-electron chi connectivity index (χ4n) is 2.28. The number of pyridine rings is 1. The van der Waals surface area contributed by atoms with Gasteiger partial charge in [0.1, 0.15) is 11.6 Å². The van der Waals surface area contributed by atoms with E-state index in [0.717, 1.165) is 27.9 Å². The molecule has 0 spiro atoms. The molecule has 0 aliphatic rings. The Labute approximate surface area is 135 Å². The Hall–Kier alpha value is -2.07. The van der Waals surface area contributed by atoms with Gasteiger partial charge in [-0.3, -0.25) is 4.98 Å². The highest BCUT2D eigenvalue weighted by Crippen LogP contribution is 2.29. The molecular formula is C18H12BrF2N. The molecule has 0 bridgehead atoms. The Morgan fingerprint density at radius 2 is 1.32 bits per heavy atom. The van der Waals surface area contributed by atoms with E-state index in [-0.39, 0.29) is 11.6 Å². The summed E-state index contributed by atoms with van der Waals surface area (Å²) in [6, 6.07) is 14.6. The number of hydrogen-bond acceptors (Lipinski definition) is 1. The molecule has 0 saturated heterocycles. The minimum absolute atomic E-state index is 0.271. The van der Waals surface area contributed by atoms with Crippen LogP contribution in [0, 0.1) is 11.6 Å². The van der Waals surface area contributed by atoms with Gasteiger partial charge in [-0.1, -0.05) is 40.2 Å². The monoisotopic (exact) mass is 359 g/mol. The average Bonchev–Trinajstić information content (AvgIpc) is 2.56. The lowest BCUT2D eigenvalue weighted by Crippen LogP contribution is -1.93. The van der Waals surface area contributed by atoms with Gasteiger partial charge < -0.3 is 0 Å². The van der Waals surface area contributed by atoms with Crippen molar-refractivity contribution in [2.45, 2.75) is 5.33 Å². The Balaban J connectivity index is 2.10. The van der Waals surface area contributed by atoms with E-state index in [1.807, 2.05) is 6.07 Å². The largest absolute Gasteiger partial charge is 0.259 e. The van der Waals surface area contributed by atoms with Crippen molar-refractivity contribution in [3.8, 4) is 22.3 Å². The highest BCUT2D eigenvalue weighted by atomic mass is 79.9. The molecule has 3 rings (SSSR count). The molecule has 0 unspecified atom stereocenters. The maximum Gasteiger partial charge on any atom is 0.123 e. The number of benzene rings is 2. The zero-order valence-corrected chi connectivity index (χ0v) is 13.1. The molecule has 0 amide bonds. The predicted octanol–water partition coefficient (Wildman–Crippen LogP) is 5.59. The molecule has 0 atom stereocenters. The number of rotatable bonds is 3. The van der Waals surface area contributed by atoms with Crippen LogP contribution in [0.2, 0.25) is 0 Å². The molecule has 0 aliphatic heterocycles. The van der Waals surface area contributed by atoms with Crippen molar-refractivity contribution in [1.29, 1.82) is 0 Å². The van der Waals surface area contributed by atoms with Gasteiger partial charge in [-0.25, -0.2) is 8.78 Å². The molecule has 1 heterocycles. The zero-order chi connectivity index (χ0) is 15.5. The molecule has 2 aromatic carbocycles. The highest BCUT2D eigenvalue weighted by molar-refractivity contribution is 9.08. The number of halogens is 3. The summed E-state index contributed by atoms with van der Waals surface area (Å²) in [4.78, 5) is 4.46. The highest BCUT2D eigenvalue weighted by Gasteiger charge is 2.09. The summed E-state index contributed by atoms with van der Waals surface area (Å²) < 4.78 is 26.2. The third-order valence-corrected chi connectivity index (χ3v) is 3.96. The predicted molar refractivity (Wildman–Crippen MR) is 87.7 cm³/mol. The van der Waals surface area contributed by atoms with E-state index in [4.69, 9.17) is 0 Å². The summed E-state index contributed by atoms with van der Waals surface area (Å²) in [5.41, 5.74) is 4.48. The van der Waals surface area contributed by atoms with E-state index < -0.39 is 0 Å². The van der Waals surface area contributed by atoms with E-state index in [9.17, 15) is 8.78 Å². The molecule has 0 N–H and O–H groups in total. The molecular weight excluding hydrogens is 348 g/mol. The van der Waals surface area contributed by atoms with Crippen molar-refractivity contribution in [3.63, 3.8) is 0 Å². The molecule has 0 aliphatic carbocycles. The standard InChI is InChI=1S/C18H12BrF2N/c19-10-18-17(13-3-7-16(21)8-4-13)9-14(11-22-18)12-1-5-15(20)6-2-12/h1-9,11H,10H2. The van der Waals surface area contributed by atoms with Gasteiger partial charge in [0.2, 0.25) is 0 Å². The topological polar surface area (TPSA) is 12.9 Å².